The van der Waals surface area contributed by atoms with Gasteiger partial charge < -0.3 is 14.8 Å². The Hall–Kier alpha value is -2.79. The SMILES string of the molecule is COc1ccc(S(=O)(=O)N2CCC[C@H]2C(=O)Nc2ccc(OCC(F)(F)F)cc2)cc1. The lowest BCUT2D eigenvalue weighted by atomic mass is 10.2. The first-order chi connectivity index (χ1) is 14.6. The summed E-state index contributed by atoms with van der Waals surface area (Å²) >= 11 is 0. The second-order valence-electron chi connectivity index (χ2n) is 6.87. The maximum atomic E-state index is 13.0. The molecular weight excluding hydrogens is 437 g/mol. The number of anilines is 1. The van der Waals surface area contributed by atoms with Crippen LogP contribution in [0.4, 0.5) is 18.9 Å². The molecule has 31 heavy (non-hydrogen) atoms. The lowest BCUT2D eigenvalue weighted by molar-refractivity contribution is -0.153. The van der Waals surface area contributed by atoms with Crippen molar-refractivity contribution in [3.8, 4) is 11.5 Å². The highest BCUT2D eigenvalue weighted by atomic mass is 32.2. The fraction of sp³-hybridized carbons (Fsp3) is 0.350. The van der Waals surface area contributed by atoms with E-state index in [2.05, 4.69) is 10.1 Å². The maximum Gasteiger partial charge on any atom is 0.422 e. The number of carbonyl (C=O) groups excluding carboxylic acids is 1. The quantitative estimate of drug-likeness (QED) is 0.687. The normalized spacial score (nSPS) is 17.4. The zero-order valence-corrected chi connectivity index (χ0v) is 17.4. The number of amides is 1. The standard InChI is InChI=1S/C20H21F3N2O5S/c1-29-15-8-10-17(11-9-15)31(27,28)25-12-2-3-18(25)19(26)24-14-4-6-16(7-5-14)30-13-20(21,22)23/h4-11,18H,2-3,12-13H2,1H3,(H,24,26)/t18-/m0/s1. The molecule has 168 valence electrons. The zero-order valence-electron chi connectivity index (χ0n) is 16.6. The molecule has 1 N–H and O–H groups in total. The third-order valence-corrected chi connectivity index (χ3v) is 6.62. The molecule has 0 aliphatic carbocycles. The highest BCUT2D eigenvalue weighted by Crippen LogP contribution is 2.28. The van der Waals surface area contributed by atoms with Gasteiger partial charge >= 0.3 is 6.18 Å². The van der Waals surface area contributed by atoms with Crippen molar-refractivity contribution in [2.24, 2.45) is 0 Å². The van der Waals surface area contributed by atoms with Gasteiger partial charge in [-0.2, -0.15) is 17.5 Å². The summed E-state index contributed by atoms with van der Waals surface area (Å²) in [5, 5.41) is 2.61. The van der Waals surface area contributed by atoms with Crippen molar-refractivity contribution in [2.75, 3.05) is 25.6 Å². The molecule has 1 fully saturated rings. The van der Waals surface area contributed by atoms with Crippen molar-refractivity contribution in [1.82, 2.24) is 4.31 Å². The number of hydrogen-bond donors (Lipinski definition) is 1. The van der Waals surface area contributed by atoms with Crippen LogP contribution in [0.25, 0.3) is 0 Å². The Labute approximate surface area is 177 Å². The zero-order chi connectivity index (χ0) is 22.6. The molecule has 0 aromatic heterocycles. The molecule has 1 amide bonds. The highest BCUT2D eigenvalue weighted by molar-refractivity contribution is 7.89. The number of rotatable bonds is 7. The number of nitrogens with zero attached hydrogens (tertiary/aromatic N) is 1. The fourth-order valence-electron chi connectivity index (χ4n) is 3.20. The van der Waals surface area contributed by atoms with Crippen molar-refractivity contribution < 1.29 is 35.9 Å². The Balaban J connectivity index is 1.68. The number of ether oxygens (including phenoxy) is 2. The maximum absolute atomic E-state index is 13.0. The average Bonchev–Trinajstić information content (AvgIpc) is 3.24. The van der Waals surface area contributed by atoms with Crippen LogP contribution in [0.2, 0.25) is 0 Å². The van der Waals surface area contributed by atoms with Gasteiger partial charge in [0.25, 0.3) is 0 Å². The first kappa shape index (κ1) is 22.9. The summed E-state index contributed by atoms with van der Waals surface area (Å²) in [7, 11) is -2.42. The summed E-state index contributed by atoms with van der Waals surface area (Å²) in [4.78, 5) is 12.8. The van der Waals surface area contributed by atoms with Gasteiger partial charge in [-0.1, -0.05) is 0 Å². The van der Waals surface area contributed by atoms with Crippen molar-refractivity contribution in [3.05, 3.63) is 48.5 Å². The lowest BCUT2D eigenvalue weighted by Gasteiger charge is -2.23. The van der Waals surface area contributed by atoms with Crippen LogP contribution in [0.5, 0.6) is 11.5 Å². The minimum Gasteiger partial charge on any atom is -0.497 e. The Morgan fingerprint density at radius 2 is 1.71 bits per heavy atom. The summed E-state index contributed by atoms with van der Waals surface area (Å²) in [5.74, 6) is -0.00391. The van der Waals surface area contributed by atoms with Gasteiger partial charge in [0.1, 0.15) is 17.5 Å². The summed E-state index contributed by atoms with van der Waals surface area (Å²) in [6, 6.07) is 10.4. The second-order valence-corrected chi connectivity index (χ2v) is 8.76. The molecule has 0 bridgehead atoms. The number of methoxy groups -OCH3 is 1. The van der Waals surface area contributed by atoms with Crippen LogP contribution < -0.4 is 14.8 Å². The van der Waals surface area contributed by atoms with E-state index < -0.39 is 34.8 Å². The molecule has 3 rings (SSSR count). The molecule has 1 atom stereocenters. The monoisotopic (exact) mass is 458 g/mol. The van der Waals surface area contributed by atoms with E-state index in [4.69, 9.17) is 4.74 Å². The molecular formula is C20H21F3N2O5S. The van der Waals surface area contributed by atoms with Gasteiger partial charge in [0.05, 0.1) is 12.0 Å². The van der Waals surface area contributed by atoms with Gasteiger partial charge in [-0.25, -0.2) is 8.42 Å². The van der Waals surface area contributed by atoms with Crippen LogP contribution >= 0.6 is 0 Å². The van der Waals surface area contributed by atoms with Gasteiger partial charge in [-0.05, 0) is 61.4 Å². The Morgan fingerprint density at radius 3 is 2.29 bits per heavy atom. The first-order valence-electron chi connectivity index (χ1n) is 9.36. The average molecular weight is 458 g/mol. The van der Waals surface area contributed by atoms with Crippen molar-refractivity contribution in [3.63, 3.8) is 0 Å². The van der Waals surface area contributed by atoms with Crippen LogP contribution in [0.3, 0.4) is 0 Å². The summed E-state index contributed by atoms with van der Waals surface area (Å²) < 4.78 is 73.5. The number of halogens is 3. The van der Waals surface area contributed by atoms with E-state index in [1.165, 1.54) is 55.6 Å². The second kappa shape index (κ2) is 9.15. The van der Waals surface area contributed by atoms with Gasteiger partial charge in [0, 0.05) is 12.2 Å². The van der Waals surface area contributed by atoms with Gasteiger partial charge in [0.15, 0.2) is 6.61 Å². The highest BCUT2D eigenvalue weighted by Gasteiger charge is 2.39. The molecule has 1 aliphatic rings. The number of sulfonamides is 1. The van der Waals surface area contributed by atoms with Crippen LogP contribution in [0, 0.1) is 0 Å². The van der Waals surface area contributed by atoms with Crippen LogP contribution in [0.15, 0.2) is 53.4 Å². The van der Waals surface area contributed by atoms with Crippen molar-refractivity contribution >= 4 is 21.6 Å². The molecule has 1 heterocycles. The number of nitrogens with one attached hydrogen (secondary N) is 1. The van der Waals surface area contributed by atoms with E-state index in [1.54, 1.807) is 0 Å². The van der Waals surface area contributed by atoms with E-state index in [9.17, 15) is 26.4 Å². The molecule has 2 aromatic carbocycles. The molecule has 0 saturated carbocycles. The summed E-state index contributed by atoms with van der Waals surface area (Å²) in [5.41, 5.74) is 0.318. The first-order valence-corrected chi connectivity index (χ1v) is 10.8. The van der Waals surface area contributed by atoms with Gasteiger partial charge in [0.2, 0.25) is 15.9 Å². The summed E-state index contributed by atoms with van der Waals surface area (Å²) in [6.45, 7) is -1.21. The molecule has 1 aliphatic heterocycles. The van der Waals surface area contributed by atoms with E-state index >= 15 is 0 Å². The minimum absolute atomic E-state index is 0.0000922. The number of benzene rings is 2. The van der Waals surface area contributed by atoms with E-state index in [1.807, 2.05) is 0 Å². The number of hydrogen-bond acceptors (Lipinski definition) is 5. The van der Waals surface area contributed by atoms with E-state index in [0.29, 0.717) is 24.3 Å². The predicted octanol–water partition coefficient (Wildman–Crippen LogP) is 3.43. The molecule has 0 unspecified atom stereocenters. The van der Waals surface area contributed by atoms with E-state index in [-0.39, 0.29) is 17.2 Å². The van der Waals surface area contributed by atoms with Crippen molar-refractivity contribution in [2.45, 2.75) is 30.0 Å². The molecule has 0 radical (unpaired) electrons. The smallest absolute Gasteiger partial charge is 0.422 e. The minimum atomic E-state index is -4.45. The van der Waals surface area contributed by atoms with Crippen molar-refractivity contribution in [1.29, 1.82) is 0 Å². The molecule has 11 heteroatoms. The largest absolute Gasteiger partial charge is 0.497 e. The third kappa shape index (κ3) is 5.67. The lowest BCUT2D eigenvalue weighted by Crippen LogP contribution is -2.43. The Bertz CT molecular complexity index is 1010. The molecule has 1 saturated heterocycles. The van der Waals surface area contributed by atoms with E-state index in [0.717, 1.165) is 4.31 Å². The van der Waals surface area contributed by atoms with Crippen LogP contribution in [0.1, 0.15) is 12.8 Å². The summed E-state index contributed by atoms with van der Waals surface area (Å²) in [6.07, 6.45) is -3.57. The van der Waals surface area contributed by atoms with Gasteiger partial charge in [-0.3, -0.25) is 4.79 Å². The van der Waals surface area contributed by atoms with Crippen LogP contribution in [-0.2, 0) is 14.8 Å². The predicted molar refractivity (Wildman–Crippen MR) is 107 cm³/mol. The molecule has 2 aromatic rings. The Kier molecular flexibility index (Phi) is 6.75. The fourth-order valence-corrected chi connectivity index (χ4v) is 4.85. The van der Waals surface area contributed by atoms with Gasteiger partial charge in [-0.15, -0.1) is 0 Å². The molecule has 7 nitrogen and oxygen atoms in total. The third-order valence-electron chi connectivity index (χ3n) is 4.70. The van der Waals surface area contributed by atoms with Crippen LogP contribution in [-0.4, -0.2) is 51.1 Å². The Morgan fingerprint density at radius 1 is 1.10 bits per heavy atom. The molecule has 0 spiro atoms. The number of carbonyl (C=O) groups is 1. The number of alkyl halides is 3. The topological polar surface area (TPSA) is 84.9 Å².